The van der Waals surface area contributed by atoms with E-state index in [1.165, 1.54) is 24.3 Å². The summed E-state index contributed by atoms with van der Waals surface area (Å²) in [6, 6.07) is 15.0. The predicted molar refractivity (Wildman–Crippen MR) is 120 cm³/mol. The van der Waals surface area contributed by atoms with Gasteiger partial charge >= 0.3 is 0 Å². The first kappa shape index (κ1) is 20.9. The molecule has 1 unspecified atom stereocenters. The van der Waals surface area contributed by atoms with Crippen molar-refractivity contribution in [2.24, 2.45) is 0 Å². The summed E-state index contributed by atoms with van der Waals surface area (Å²) in [6.07, 6.45) is 0. The molecular weight excluding hydrogens is 424 g/mol. The van der Waals surface area contributed by atoms with Crippen molar-refractivity contribution in [3.05, 3.63) is 106 Å². The van der Waals surface area contributed by atoms with Gasteiger partial charge in [0.2, 0.25) is 0 Å². The van der Waals surface area contributed by atoms with Gasteiger partial charge in [-0.05, 0) is 66.4 Å². The maximum atomic E-state index is 13.7. The van der Waals surface area contributed by atoms with E-state index in [9.17, 15) is 18.7 Å². The number of aromatic nitrogens is 2. The molecule has 1 aliphatic heterocycles. The Morgan fingerprint density at radius 2 is 1.64 bits per heavy atom. The molecule has 0 aliphatic carbocycles. The number of phenols is 1. The summed E-state index contributed by atoms with van der Waals surface area (Å²) in [4.78, 5) is 15.1. The minimum atomic E-state index is -0.563. The monoisotopic (exact) mass is 445 g/mol. The van der Waals surface area contributed by atoms with Crippen LogP contribution in [0.4, 0.5) is 8.78 Å². The van der Waals surface area contributed by atoms with Crippen LogP contribution in [0.3, 0.4) is 0 Å². The highest BCUT2D eigenvalue weighted by Gasteiger charge is 2.42. The molecule has 3 aromatic carbocycles. The number of hydrogen-bond acceptors (Lipinski definition) is 3. The van der Waals surface area contributed by atoms with Crippen molar-refractivity contribution < 1.29 is 18.7 Å². The Morgan fingerprint density at radius 3 is 2.27 bits per heavy atom. The highest BCUT2D eigenvalue weighted by Crippen LogP contribution is 2.46. The number of rotatable bonds is 4. The number of halogens is 2. The molecule has 1 atom stereocenters. The van der Waals surface area contributed by atoms with Crippen LogP contribution >= 0.6 is 0 Å². The van der Waals surface area contributed by atoms with Gasteiger partial charge in [-0.1, -0.05) is 30.3 Å². The summed E-state index contributed by atoms with van der Waals surface area (Å²) in [7, 11) is 0. The second kappa shape index (κ2) is 7.85. The van der Waals surface area contributed by atoms with Gasteiger partial charge in [-0.2, -0.15) is 5.10 Å². The fourth-order valence-electron chi connectivity index (χ4n) is 4.58. The van der Waals surface area contributed by atoms with E-state index >= 15 is 0 Å². The number of aromatic amines is 1. The Morgan fingerprint density at radius 1 is 1.00 bits per heavy atom. The van der Waals surface area contributed by atoms with E-state index in [4.69, 9.17) is 0 Å². The molecule has 7 heteroatoms. The molecule has 166 valence electrons. The molecule has 4 aromatic rings. The maximum absolute atomic E-state index is 13.7. The molecule has 33 heavy (non-hydrogen) atoms. The van der Waals surface area contributed by atoms with Crippen molar-refractivity contribution in [3.63, 3.8) is 0 Å². The lowest BCUT2D eigenvalue weighted by Gasteiger charge is -2.27. The van der Waals surface area contributed by atoms with Crippen molar-refractivity contribution in [2.45, 2.75) is 26.4 Å². The lowest BCUT2D eigenvalue weighted by Crippen LogP contribution is -2.29. The number of fused-ring (bicyclic) bond motifs is 1. The van der Waals surface area contributed by atoms with Crippen LogP contribution in [-0.2, 0) is 6.54 Å². The van der Waals surface area contributed by atoms with Crippen LogP contribution < -0.4 is 0 Å². The molecule has 0 fully saturated rings. The zero-order valence-corrected chi connectivity index (χ0v) is 18.1. The van der Waals surface area contributed by atoms with Crippen LogP contribution in [0.25, 0.3) is 11.3 Å². The topological polar surface area (TPSA) is 69.2 Å². The van der Waals surface area contributed by atoms with Crippen LogP contribution in [0.5, 0.6) is 5.75 Å². The number of H-pyrrole nitrogens is 1. The van der Waals surface area contributed by atoms with Crippen molar-refractivity contribution >= 4 is 5.91 Å². The number of hydrogen-bond donors (Lipinski definition) is 2. The minimum Gasteiger partial charge on any atom is -0.507 e. The van der Waals surface area contributed by atoms with E-state index in [1.807, 2.05) is 19.9 Å². The molecule has 0 radical (unpaired) electrons. The van der Waals surface area contributed by atoms with E-state index in [0.717, 1.165) is 16.7 Å². The van der Waals surface area contributed by atoms with Crippen molar-refractivity contribution in [3.8, 4) is 17.0 Å². The Bertz CT molecular complexity index is 1340. The van der Waals surface area contributed by atoms with Crippen LogP contribution in [0, 0.1) is 25.5 Å². The smallest absolute Gasteiger partial charge is 0.273 e. The molecule has 5 nitrogen and oxygen atoms in total. The molecule has 1 aliphatic rings. The molecule has 0 spiro atoms. The van der Waals surface area contributed by atoms with Gasteiger partial charge in [0.25, 0.3) is 5.91 Å². The molecule has 5 rings (SSSR count). The van der Waals surface area contributed by atoms with Crippen molar-refractivity contribution in [1.82, 2.24) is 15.1 Å². The Balaban J connectivity index is 1.68. The number of aromatic hydroxyl groups is 1. The molecular formula is C26H21F2N3O2. The summed E-state index contributed by atoms with van der Waals surface area (Å²) in [6.45, 7) is 3.99. The Labute approximate surface area is 189 Å². The van der Waals surface area contributed by atoms with E-state index in [2.05, 4.69) is 10.2 Å². The molecule has 0 bridgehead atoms. The first-order valence-electron chi connectivity index (χ1n) is 10.5. The third-order valence-electron chi connectivity index (χ3n) is 6.01. The second-order valence-corrected chi connectivity index (χ2v) is 8.35. The summed E-state index contributed by atoms with van der Waals surface area (Å²) < 4.78 is 27.1. The van der Waals surface area contributed by atoms with Crippen LogP contribution in [-0.4, -0.2) is 26.1 Å². The van der Waals surface area contributed by atoms with Crippen molar-refractivity contribution in [2.75, 3.05) is 0 Å². The zero-order valence-electron chi connectivity index (χ0n) is 18.1. The third kappa shape index (κ3) is 3.55. The number of phenolic OH excluding ortho intramolecular Hbond substituents is 1. The first-order chi connectivity index (χ1) is 15.8. The summed E-state index contributed by atoms with van der Waals surface area (Å²) in [5, 5.41) is 18.0. The fourth-order valence-corrected chi connectivity index (χ4v) is 4.58. The molecule has 1 amide bonds. The number of nitrogens with zero attached hydrogens (tertiary/aromatic N) is 2. The van der Waals surface area contributed by atoms with Gasteiger partial charge in [-0.25, -0.2) is 8.78 Å². The fraction of sp³-hybridized carbons (Fsp3) is 0.154. The summed E-state index contributed by atoms with van der Waals surface area (Å²) in [5.41, 5.74) is 5.15. The number of aryl methyl sites for hydroxylation is 2. The van der Waals surface area contributed by atoms with Gasteiger partial charge < -0.3 is 10.0 Å². The lowest BCUT2D eigenvalue weighted by molar-refractivity contribution is 0.0730. The Hall–Kier alpha value is -4.00. The maximum Gasteiger partial charge on any atom is 0.273 e. The van der Waals surface area contributed by atoms with E-state index in [0.29, 0.717) is 28.1 Å². The van der Waals surface area contributed by atoms with Crippen LogP contribution in [0.2, 0.25) is 0 Å². The van der Waals surface area contributed by atoms with Crippen molar-refractivity contribution in [1.29, 1.82) is 0 Å². The Kier molecular flexibility index (Phi) is 4.96. The largest absolute Gasteiger partial charge is 0.507 e. The van der Waals surface area contributed by atoms with Gasteiger partial charge in [-0.3, -0.25) is 9.89 Å². The number of carbonyl (C=O) groups excluding carboxylic acids is 1. The summed E-state index contributed by atoms with van der Waals surface area (Å²) >= 11 is 0. The van der Waals surface area contributed by atoms with Crippen LogP contribution in [0.1, 0.15) is 44.3 Å². The van der Waals surface area contributed by atoms with Crippen LogP contribution in [0.15, 0.2) is 60.7 Å². The third-order valence-corrected chi connectivity index (χ3v) is 6.01. The van der Waals surface area contributed by atoms with Gasteiger partial charge in [-0.15, -0.1) is 0 Å². The average Bonchev–Trinajstić information content (AvgIpc) is 3.29. The van der Waals surface area contributed by atoms with Gasteiger partial charge in [0.1, 0.15) is 28.8 Å². The van der Waals surface area contributed by atoms with Gasteiger partial charge in [0, 0.05) is 17.7 Å². The quantitative estimate of drug-likeness (QED) is 0.441. The number of amides is 1. The first-order valence-corrected chi connectivity index (χ1v) is 10.5. The number of benzene rings is 3. The lowest BCUT2D eigenvalue weighted by atomic mass is 9.93. The SMILES string of the molecule is Cc1cc(C)c(-c2n[nH]c3c2C(c2ccc(F)cc2)N(Cc2ccc(F)cc2)C3=O)c(O)c1. The molecule has 0 saturated heterocycles. The molecule has 2 N–H and O–H groups in total. The van der Waals surface area contributed by atoms with E-state index in [1.54, 1.807) is 35.2 Å². The number of nitrogens with one attached hydrogen (secondary N) is 1. The predicted octanol–water partition coefficient (Wildman–Crippen LogP) is 5.42. The molecule has 1 aromatic heterocycles. The van der Waals surface area contributed by atoms with E-state index in [-0.39, 0.29) is 29.8 Å². The highest BCUT2D eigenvalue weighted by molar-refractivity contribution is 6.00. The molecule has 0 saturated carbocycles. The van der Waals surface area contributed by atoms with Gasteiger partial charge in [0.05, 0.1) is 6.04 Å². The standard InChI is InChI=1S/C26H21F2N3O2/c1-14-11-15(2)21(20(32)12-14)23-22-24(30-29-23)26(33)31(13-16-3-7-18(27)8-4-16)25(22)17-5-9-19(28)10-6-17/h3-12,25,32H,13H2,1-2H3,(H,29,30). The highest BCUT2D eigenvalue weighted by atomic mass is 19.1. The normalized spacial score (nSPS) is 15.2. The minimum absolute atomic E-state index is 0.0732. The van der Waals surface area contributed by atoms with Gasteiger partial charge in [0.15, 0.2) is 0 Å². The number of carbonyl (C=O) groups is 1. The molecule has 2 heterocycles. The van der Waals surface area contributed by atoms with E-state index < -0.39 is 6.04 Å². The second-order valence-electron chi connectivity index (χ2n) is 8.35. The zero-order chi connectivity index (χ0) is 23.3. The average molecular weight is 445 g/mol. The summed E-state index contributed by atoms with van der Waals surface area (Å²) in [5.74, 6) is -0.938.